The van der Waals surface area contributed by atoms with Crippen molar-refractivity contribution in [3.8, 4) is 0 Å². The molecular formula is C17H27NOS. The van der Waals surface area contributed by atoms with Gasteiger partial charge in [-0.25, -0.2) is 0 Å². The third kappa shape index (κ3) is 3.10. The summed E-state index contributed by atoms with van der Waals surface area (Å²) in [5, 5.41) is 8.25. The van der Waals surface area contributed by atoms with Crippen molar-refractivity contribution >= 4 is 11.3 Å². The first kappa shape index (κ1) is 14.6. The van der Waals surface area contributed by atoms with Crippen molar-refractivity contribution in [1.82, 2.24) is 5.32 Å². The number of nitrogens with one attached hydrogen (secondary N) is 1. The molecule has 1 saturated heterocycles. The molecule has 2 heterocycles. The van der Waals surface area contributed by atoms with Crippen LogP contribution in [0.15, 0.2) is 16.8 Å². The van der Waals surface area contributed by atoms with Gasteiger partial charge in [0.15, 0.2) is 0 Å². The highest BCUT2D eigenvalue weighted by Gasteiger charge is 2.40. The zero-order valence-corrected chi connectivity index (χ0v) is 13.4. The van der Waals surface area contributed by atoms with Crippen LogP contribution in [-0.4, -0.2) is 18.8 Å². The van der Waals surface area contributed by atoms with Crippen molar-refractivity contribution in [2.45, 2.75) is 63.5 Å². The lowest BCUT2D eigenvalue weighted by Gasteiger charge is -2.45. The zero-order chi connectivity index (χ0) is 13.8. The molecule has 0 amide bonds. The summed E-state index contributed by atoms with van der Waals surface area (Å²) >= 11 is 1.81. The van der Waals surface area contributed by atoms with Gasteiger partial charge in [0.25, 0.3) is 0 Å². The molecular weight excluding hydrogens is 266 g/mol. The van der Waals surface area contributed by atoms with Gasteiger partial charge in [-0.3, -0.25) is 0 Å². The number of hydrogen-bond donors (Lipinski definition) is 1. The van der Waals surface area contributed by atoms with Crippen molar-refractivity contribution < 1.29 is 4.74 Å². The van der Waals surface area contributed by atoms with E-state index in [0.717, 1.165) is 19.1 Å². The Kier molecular flexibility index (Phi) is 4.79. The average Bonchev–Trinajstić information content (AvgIpc) is 2.99. The average molecular weight is 293 g/mol. The van der Waals surface area contributed by atoms with E-state index in [1.54, 1.807) is 0 Å². The van der Waals surface area contributed by atoms with Crippen LogP contribution in [0, 0.1) is 5.92 Å². The van der Waals surface area contributed by atoms with Crippen LogP contribution in [0.1, 0.15) is 63.5 Å². The van der Waals surface area contributed by atoms with Gasteiger partial charge >= 0.3 is 0 Å². The van der Waals surface area contributed by atoms with E-state index in [1.807, 2.05) is 11.3 Å². The smallest absolute Gasteiger partial charge is 0.0686 e. The van der Waals surface area contributed by atoms with Crippen LogP contribution < -0.4 is 5.32 Å². The van der Waals surface area contributed by atoms with Crippen LogP contribution in [0.4, 0.5) is 0 Å². The summed E-state index contributed by atoms with van der Waals surface area (Å²) in [4.78, 5) is 0. The summed E-state index contributed by atoms with van der Waals surface area (Å²) in [6, 6.07) is 2.81. The highest BCUT2D eigenvalue weighted by Crippen LogP contribution is 2.44. The van der Waals surface area contributed by atoms with Crippen LogP contribution in [0.25, 0.3) is 0 Å². The fourth-order valence-electron chi connectivity index (χ4n) is 4.12. The summed E-state index contributed by atoms with van der Waals surface area (Å²) in [6.07, 6.45) is 9.14. The van der Waals surface area contributed by atoms with E-state index in [1.165, 1.54) is 50.5 Å². The minimum Gasteiger partial charge on any atom is -0.375 e. The van der Waals surface area contributed by atoms with Crippen molar-refractivity contribution in [1.29, 1.82) is 0 Å². The quantitative estimate of drug-likeness (QED) is 0.880. The van der Waals surface area contributed by atoms with E-state index in [0.29, 0.717) is 6.04 Å². The van der Waals surface area contributed by atoms with E-state index < -0.39 is 0 Å². The van der Waals surface area contributed by atoms with Crippen LogP contribution in [0.5, 0.6) is 0 Å². The van der Waals surface area contributed by atoms with E-state index in [4.69, 9.17) is 4.74 Å². The predicted molar refractivity (Wildman–Crippen MR) is 85.2 cm³/mol. The molecule has 2 atom stereocenters. The summed E-state index contributed by atoms with van der Waals surface area (Å²) in [6.45, 7) is 4.22. The van der Waals surface area contributed by atoms with Gasteiger partial charge in [0.2, 0.25) is 0 Å². The van der Waals surface area contributed by atoms with Gasteiger partial charge in [0.05, 0.1) is 5.60 Å². The summed E-state index contributed by atoms with van der Waals surface area (Å²) in [5.41, 5.74) is 1.69. The van der Waals surface area contributed by atoms with E-state index in [-0.39, 0.29) is 5.60 Å². The molecule has 1 N–H and O–H groups in total. The number of rotatable bonds is 4. The Hall–Kier alpha value is -0.380. The van der Waals surface area contributed by atoms with Gasteiger partial charge in [-0.1, -0.05) is 26.2 Å². The number of thiophene rings is 1. The Labute approximate surface area is 126 Å². The molecule has 0 aromatic carbocycles. The molecule has 1 aromatic rings. The second kappa shape index (κ2) is 6.59. The molecule has 3 heteroatoms. The van der Waals surface area contributed by atoms with Crippen LogP contribution in [-0.2, 0) is 4.74 Å². The molecule has 2 fully saturated rings. The first-order valence-electron chi connectivity index (χ1n) is 8.22. The van der Waals surface area contributed by atoms with Gasteiger partial charge in [0.1, 0.15) is 0 Å². The second-order valence-corrected chi connectivity index (χ2v) is 7.22. The first-order chi connectivity index (χ1) is 9.83. The largest absolute Gasteiger partial charge is 0.375 e. The normalized spacial score (nSPS) is 27.6. The lowest BCUT2D eigenvalue weighted by Crippen LogP contribution is -2.44. The third-order valence-electron chi connectivity index (χ3n) is 5.09. The molecule has 1 spiro atoms. The number of hydrogen-bond acceptors (Lipinski definition) is 3. The fourth-order valence-corrected chi connectivity index (χ4v) is 4.82. The fraction of sp³-hybridized carbons (Fsp3) is 0.765. The highest BCUT2D eigenvalue weighted by atomic mass is 32.1. The van der Waals surface area contributed by atoms with Crippen molar-refractivity contribution in [2.24, 2.45) is 5.92 Å². The predicted octanol–water partition coefficient (Wildman–Crippen LogP) is 4.53. The van der Waals surface area contributed by atoms with Gasteiger partial charge in [-0.05, 0) is 60.5 Å². The Morgan fingerprint density at radius 1 is 1.40 bits per heavy atom. The molecule has 2 nitrogen and oxygen atoms in total. The molecule has 3 rings (SSSR count). The van der Waals surface area contributed by atoms with Crippen LogP contribution in [0.3, 0.4) is 0 Å². The maximum Gasteiger partial charge on any atom is 0.0686 e. The van der Waals surface area contributed by atoms with Crippen molar-refractivity contribution in [2.75, 3.05) is 13.2 Å². The zero-order valence-electron chi connectivity index (χ0n) is 12.6. The first-order valence-corrected chi connectivity index (χ1v) is 9.17. The number of ether oxygens (including phenoxy) is 1. The van der Waals surface area contributed by atoms with E-state index in [9.17, 15) is 0 Å². The minimum absolute atomic E-state index is 0.213. The van der Waals surface area contributed by atoms with Gasteiger partial charge in [0, 0.05) is 12.6 Å². The highest BCUT2D eigenvalue weighted by molar-refractivity contribution is 7.07. The molecule has 1 aliphatic carbocycles. The molecule has 0 radical (unpaired) electrons. The summed E-state index contributed by atoms with van der Waals surface area (Å²) in [7, 11) is 0. The van der Waals surface area contributed by atoms with E-state index in [2.05, 4.69) is 29.1 Å². The molecule has 1 aromatic heterocycles. The molecule has 20 heavy (non-hydrogen) atoms. The van der Waals surface area contributed by atoms with Crippen LogP contribution in [0.2, 0.25) is 0 Å². The third-order valence-corrected chi connectivity index (χ3v) is 5.80. The molecule has 2 aliphatic rings. The standard InChI is InChI=1S/C17H27NOS/c1-2-18-16(15-7-11-20-13-15)14-6-10-19-17(12-14)8-4-3-5-9-17/h7,11,13-14,16,18H,2-6,8-10,12H2,1H3. The minimum atomic E-state index is 0.213. The van der Waals surface area contributed by atoms with Crippen molar-refractivity contribution in [3.63, 3.8) is 0 Å². The Morgan fingerprint density at radius 2 is 2.25 bits per heavy atom. The maximum absolute atomic E-state index is 6.26. The summed E-state index contributed by atoms with van der Waals surface area (Å²) in [5.74, 6) is 0.733. The Morgan fingerprint density at radius 3 is 2.95 bits per heavy atom. The van der Waals surface area contributed by atoms with Crippen LogP contribution >= 0.6 is 11.3 Å². The summed E-state index contributed by atoms with van der Waals surface area (Å²) < 4.78 is 6.26. The topological polar surface area (TPSA) is 21.3 Å². The lowest BCUT2D eigenvalue weighted by molar-refractivity contribution is -0.122. The molecule has 1 saturated carbocycles. The Bertz CT molecular complexity index is 392. The molecule has 2 unspecified atom stereocenters. The Balaban J connectivity index is 1.73. The van der Waals surface area contributed by atoms with Crippen molar-refractivity contribution in [3.05, 3.63) is 22.4 Å². The SMILES string of the molecule is CCNC(c1ccsc1)C1CCOC2(CCCCC2)C1. The molecule has 0 bridgehead atoms. The van der Waals surface area contributed by atoms with Gasteiger partial charge in [-0.2, -0.15) is 11.3 Å². The van der Waals surface area contributed by atoms with Gasteiger partial charge in [-0.15, -0.1) is 0 Å². The second-order valence-electron chi connectivity index (χ2n) is 6.44. The van der Waals surface area contributed by atoms with Gasteiger partial charge < -0.3 is 10.1 Å². The molecule has 112 valence electrons. The van der Waals surface area contributed by atoms with E-state index >= 15 is 0 Å². The monoisotopic (exact) mass is 293 g/mol. The molecule has 1 aliphatic heterocycles. The maximum atomic E-state index is 6.26. The lowest BCUT2D eigenvalue weighted by atomic mass is 9.73.